The lowest BCUT2D eigenvalue weighted by Gasteiger charge is -2.17. The van der Waals surface area contributed by atoms with E-state index in [4.69, 9.17) is 18.9 Å². The van der Waals surface area contributed by atoms with E-state index in [0.717, 1.165) is 70.3 Å². The highest BCUT2D eigenvalue weighted by atomic mass is 16.5. The number of furan rings is 1. The molecule has 140 valence electrons. The van der Waals surface area contributed by atoms with E-state index < -0.39 is 0 Å². The van der Waals surface area contributed by atoms with Crippen molar-refractivity contribution in [3.05, 3.63) is 24.2 Å². The molecule has 2 N–H and O–H groups in total. The first-order chi connectivity index (χ1) is 12.3. The van der Waals surface area contributed by atoms with Gasteiger partial charge >= 0.3 is 0 Å². The molecule has 1 aliphatic heterocycles. The van der Waals surface area contributed by atoms with E-state index in [1.165, 1.54) is 12.8 Å². The van der Waals surface area contributed by atoms with Crippen molar-refractivity contribution < 1.29 is 13.9 Å². The number of ether oxygens (including phenoxy) is 2. The fourth-order valence-corrected chi connectivity index (χ4v) is 3.18. The highest BCUT2D eigenvalue weighted by molar-refractivity contribution is 5.79. The van der Waals surface area contributed by atoms with Crippen LogP contribution >= 0.6 is 0 Å². The quantitative estimate of drug-likeness (QED) is 0.501. The molecule has 0 bridgehead atoms. The zero-order chi connectivity index (χ0) is 17.4. The standard InChI is InChI=1S/C19H31N3O3/c1-23-13-9-19(7-8-19)15-22-18(21-14-17-5-3-12-25-17)20-10-6-16-4-2-11-24-16/h2,4,11,17H,3,5-10,12-15H2,1H3,(H2,20,21,22). The van der Waals surface area contributed by atoms with E-state index in [2.05, 4.69) is 10.6 Å². The van der Waals surface area contributed by atoms with Crippen molar-refractivity contribution in [1.29, 1.82) is 0 Å². The summed E-state index contributed by atoms with van der Waals surface area (Å²) in [6.07, 6.45) is 8.76. The maximum atomic E-state index is 5.70. The van der Waals surface area contributed by atoms with E-state index in [9.17, 15) is 0 Å². The molecule has 6 nitrogen and oxygen atoms in total. The molecule has 2 aliphatic rings. The molecule has 25 heavy (non-hydrogen) atoms. The van der Waals surface area contributed by atoms with Crippen molar-refractivity contribution in [1.82, 2.24) is 10.6 Å². The van der Waals surface area contributed by atoms with Crippen LogP contribution in [0.25, 0.3) is 0 Å². The Hall–Kier alpha value is -1.53. The summed E-state index contributed by atoms with van der Waals surface area (Å²) >= 11 is 0. The van der Waals surface area contributed by atoms with Gasteiger partial charge in [-0.15, -0.1) is 0 Å². The van der Waals surface area contributed by atoms with Crippen LogP contribution < -0.4 is 10.6 Å². The minimum atomic E-state index is 0.306. The third kappa shape index (κ3) is 6.04. The molecule has 1 saturated heterocycles. The number of nitrogens with one attached hydrogen (secondary N) is 2. The Bertz CT molecular complexity index is 520. The van der Waals surface area contributed by atoms with Gasteiger partial charge in [0, 0.05) is 46.4 Å². The summed E-state index contributed by atoms with van der Waals surface area (Å²) in [5.41, 5.74) is 0.357. The summed E-state index contributed by atoms with van der Waals surface area (Å²) in [7, 11) is 1.77. The molecular formula is C19H31N3O3. The van der Waals surface area contributed by atoms with Crippen LogP contribution in [0.1, 0.15) is 37.9 Å². The topological polar surface area (TPSA) is 68.0 Å². The molecule has 0 spiro atoms. The van der Waals surface area contributed by atoms with Gasteiger partial charge in [0.15, 0.2) is 5.96 Å². The first kappa shape index (κ1) is 18.3. The van der Waals surface area contributed by atoms with Crippen molar-refractivity contribution in [3.63, 3.8) is 0 Å². The van der Waals surface area contributed by atoms with Gasteiger partial charge in [0.25, 0.3) is 0 Å². The van der Waals surface area contributed by atoms with Gasteiger partial charge in [-0.3, -0.25) is 4.99 Å². The van der Waals surface area contributed by atoms with Crippen LogP contribution in [0.4, 0.5) is 0 Å². The van der Waals surface area contributed by atoms with Crippen LogP contribution in [-0.4, -0.2) is 52.0 Å². The summed E-state index contributed by atoms with van der Waals surface area (Å²) in [6, 6.07) is 3.93. The molecule has 3 rings (SSSR count). The lowest BCUT2D eigenvalue weighted by atomic mass is 10.0. The van der Waals surface area contributed by atoms with E-state index in [1.807, 2.05) is 12.1 Å². The number of rotatable bonds is 10. The molecule has 0 amide bonds. The largest absolute Gasteiger partial charge is 0.469 e. The number of hydrogen-bond donors (Lipinski definition) is 2. The Labute approximate surface area is 150 Å². The van der Waals surface area contributed by atoms with Gasteiger partial charge in [-0.05, 0) is 49.7 Å². The molecule has 1 unspecified atom stereocenters. The Morgan fingerprint density at radius 2 is 2.32 bits per heavy atom. The Balaban J connectivity index is 1.48. The number of guanidine groups is 1. The zero-order valence-electron chi connectivity index (χ0n) is 15.3. The second-order valence-electron chi connectivity index (χ2n) is 7.18. The molecule has 2 heterocycles. The fraction of sp³-hybridized carbons (Fsp3) is 0.737. The minimum absolute atomic E-state index is 0.306. The van der Waals surface area contributed by atoms with Crippen LogP contribution in [-0.2, 0) is 15.9 Å². The molecule has 6 heteroatoms. The first-order valence-electron chi connectivity index (χ1n) is 9.45. The number of methoxy groups -OCH3 is 1. The van der Waals surface area contributed by atoms with E-state index in [-0.39, 0.29) is 0 Å². The van der Waals surface area contributed by atoms with E-state index >= 15 is 0 Å². The van der Waals surface area contributed by atoms with Crippen molar-refractivity contribution >= 4 is 5.96 Å². The number of aliphatic imine (C=N–C) groups is 1. The fourth-order valence-electron chi connectivity index (χ4n) is 3.18. The predicted octanol–water partition coefficient (Wildman–Crippen LogP) is 2.35. The zero-order valence-corrected chi connectivity index (χ0v) is 15.3. The average Bonchev–Trinajstić information content (AvgIpc) is 3.04. The molecule has 1 aromatic rings. The Morgan fingerprint density at radius 1 is 1.40 bits per heavy atom. The van der Waals surface area contributed by atoms with Gasteiger partial charge in [0.2, 0.25) is 0 Å². The highest BCUT2D eigenvalue weighted by Crippen LogP contribution is 2.48. The summed E-state index contributed by atoms with van der Waals surface area (Å²) in [5.74, 6) is 1.87. The van der Waals surface area contributed by atoms with Crippen LogP contribution in [0.2, 0.25) is 0 Å². The minimum Gasteiger partial charge on any atom is -0.469 e. The van der Waals surface area contributed by atoms with Gasteiger partial charge in [0.05, 0.1) is 12.4 Å². The molecule has 2 fully saturated rings. The van der Waals surface area contributed by atoms with Crippen molar-refractivity contribution in [2.45, 2.75) is 44.6 Å². The Kier molecular flexibility index (Phi) is 6.76. The maximum absolute atomic E-state index is 5.70. The molecule has 0 radical (unpaired) electrons. The monoisotopic (exact) mass is 349 g/mol. The first-order valence-corrected chi connectivity index (χ1v) is 9.45. The van der Waals surface area contributed by atoms with Crippen molar-refractivity contribution in [2.24, 2.45) is 10.4 Å². The summed E-state index contributed by atoms with van der Waals surface area (Å²) in [5, 5.41) is 6.88. The van der Waals surface area contributed by atoms with Gasteiger partial charge < -0.3 is 24.5 Å². The SMILES string of the molecule is COCCC1(CN=C(NCCc2ccco2)NCC2CCCO2)CC1. The normalized spacial score (nSPS) is 22.1. The van der Waals surface area contributed by atoms with Gasteiger partial charge in [-0.25, -0.2) is 0 Å². The van der Waals surface area contributed by atoms with Crippen molar-refractivity contribution in [2.75, 3.05) is 40.0 Å². The Morgan fingerprint density at radius 3 is 3.00 bits per heavy atom. The van der Waals surface area contributed by atoms with Crippen molar-refractivity contribution in [3.8, 4) is 0 Å². The number of hydrogen-bond acceptors (Lipinski definition) is 4. The third-order valence-electron chi connectivity index (χ3n) is 5.13. The van der Waals surface area contributed by atoms with Gasteiger partial charge in [-0.1, -0.05) is 0 Å². The lowest BCUT2D eigenvalue weighted by molar-refractivity contribution is 0.113. The molecule has 1 atom stereocenters. The van der Waals surface area contributed by atoms with E-state index in [1.54, 1.807) is 13.4 Å². The van der Waals surface area contributed by atoms with Crippen LogP contribution in [0.15, 0.2) is 27.8 Å². The van der Waals surface area contributed by atoms with Crippen LogP contribution in [0.5, 0.6) is 0 Å². The summed E-state index contributed by atoms with van der Waals surface area (Å²) < 4.78 is 16.3. The van der Waals surface area contributed by atoms with Gasteiger partial charge in [0.1, 0.15) is 5.76 Å². The molecule has 1 aliphatic carbocycles. The third-order valence-corrected chi connectivity index (χ3v) is 5.13. The van der Waals surface area contributed by atoms with Crippen LogP contribution in [0.3, 0.4) is 0 Å². The van der Waals surface area contributed by atoms with E-state index in [0.29, 0.717) is 11.5 Å². The molecule has 1 saturated carbocycles. The van der Waals surface area contributed by atoms with Gasteiger partial charge in [-0.2, -0.15) is 0 Å². The summed E-state index contributed by atoms with van der Waals surface area (Å²) in [6.45, 7) is 4.18. The molecule has 0 aromatic carbocycles. The smallest absolute Gasteiger partial charge is 0.191 e. The highest BCUT2D eigenvalue weighted by Gasteiger charge is 2.41. The molecule has 1 aromatic heterocycles. The number of nitrogens with zero attached hydrogens (tertiary/aromatic N) is 1. The second-order valence-corrected chi connectivity index (χ2v) is 7.18. The maximum Gasteiger partial charge on any atom is 0.191 e. The average molecular weight is 349 g/mol. The van der Waals surface area contributed by atoms with Crippen LogP contribution in [0, 0.1) is 5.41 Å². The molecular weight excluding hydrogens is 318 g/mol. The second kappa shape index (κ2) is 9.25. The summed E-state index contributed by atoms with van der Waals surface area (Å²) in [4.78, 5) is 4.84. The predicted molar refractivity (Wildman–Crippen MR) is 97.9 cm³/mol. The lowest BCUT2D eigenvalue weighted by Crippen LogP contribution is -2.42.